The molecule has 218 valence electrons. The fraction of sp³-hybridized carbons (Fsp3) is 0.483. The van der Waals surface area contributed by atoms with Crippen molar-refractivity contribution >= 4 is 33.6 Å². The van der Waals surface area contributed by atoms with E-state index >= 15 is 0 Å². The summed E-state index contributed by atoms with van der Waals surface area (Å²) in [6, 6.07) is 10.7. The number of likely N-dealkylation sites (tertiary alicyclic amines) is 1. The molecule has 2 aliphatic rings. The van der Waals surface area contributed by atoms with Crippen molar-refractivity contribution in [3.05, 3.63) is 58.3 Å². The minimum atomic E-state index is -3.86. The number of sulfonamides is 1. The molecule has 0 atom stereocenters. The van der Waals surface area contributed by atoms with Gasteiger partial charge in [0.1, 0.15) is 11.9 Å². The number of pyridine rings is 1. The molecule has 0 unspecified atom stereocenters. The Labute approximate surface area is 240 Å². The zero-order valence-corrected chi connectivity index (χ0v) is 24.4. The number of hydrogen-bond acceptors (Lipinski definition) is 9. The van der Waals surface area contributed by atoms with Gasteiger partial charge in [-0.15, -0.1) is 0 Å². The summed E-state index contributed by atoms with van der Waals surface area (Å²) in [5, 5.41) is 9.89. The molecule has 0 spiro atoms. The molecule has 1 aromatic heterocycles. The first kappa shape index (κ1) is 30.0. The number of aromatic nitrogens is 1. The molecule has 0 saturated carbocycles. The van der Waals surface area contributed by atoms with Crippen molar-refractivity contribution < 1.29 is 27.5 Å². The van der Waals surface area contributed by atoms with Gasteiger partial charge < -0.3 is 14.5 Å². The minimum absolute atomic E-state index is 0.0231. The van der Waals surface area contributed by atoms with Gasteiger partial charge in [-0.2, -0.15) is 5.26 Å². The van der Waals surface area contributed by atoms with E-state index in [4.69, 9.17) is 4.74 Å². The van der Waals surface area contributed by atoms with Gasteiger partial charge in [0.2, 0.25) is 21.8 Å². The second kappa shape index (κ2) is 12.7. The zero-order valence-electron chi connectivity index (χ0n) is 23.6. The molecule has 2 amide bonds. The Hall–Kier alpha value is -3.98. The van der Waals surface area contributed by atoms with Crippen LogP contribution in [0, 0.1) is 24.2 Å². The van der Waals surface area contributed by atoms with Crippen LogP contribution in [0.2, 0.25) is 0 Å². The predicted octanol–water partition coefficient (Wildman–Crippen LogP) is 2.81. The van der Waals surface area contributed by atoms with Crippen molar-refractivity contribution in [3.63, 3.8) is 0 Å². The monoisotopic (exact) mass is 581 g/mol. The Bertz CT molecular complexity index is 1460. The van der Waals surface area contributed by atoms with E-state index in [1.165, 1.54) is 6.07 Å². The lowest BCUT2D eigenvalue weighted by Crippen LogP contribution is -2.43. The molecule has 0 aliphatic carbocycles. The first-order valence-electron chi connectivity index (χ1n) is 13.7. The van der Waals surface area contributed by atoms with Gasteiger partial charge in [-0.1, -0.05) is 29.8 Å². The lowest BCUT2D eigenvalue weighted by molar-refractivity contribution is -0.128. The third kappa shape index (κ3) is 7.61. The normalized spacial score (nSPS) is 16.1. The fourth-order valence-electron chi connectivity index (χ4n) is 5.02. The van der Waals surface area contributed by atoms with Crippen LogP contribution in [0.1, 0.15) is 72.3 Å². The summed E-state index contributed by atoms with van der Waals surface area (Å²) in [4.78, 5) is 46.2. The van der Waals surface area contributed by atoms with Crippen molar-refractivity contribution in [3.8, 4) is 6.07 Å². The van der Waals surface area contributed by atoms with Gasteiger partial charge in [-0.3, -0.25) is 14.3 Å². The second-order valence-corrected chi connectivity index (χ2v) is 12.5. The van der Waals surface area contributed by atoms with E-state index < -0.39 is 27.8 Å². The van der Waals surface area contributed by atoms with Crippen LogP contribution < -0.4 is 9.62 Å². The van der Waals surface area contributed by atoms with Crippen molar-refractivity contribution in [2.75, 3.05) is 24.5 Å². The van der Waals surface area contributed by atoms with Gasteiger partial charge in [-0.25, -0.2) is 18.2 Å². The summed E-state index contributed by atoms with van der Waals surface area (Å²) >= 11 is 0. The SMILES string of the molecule is Cc1ccc(CS(=O)(=O)NC(=O)C2CCN(c3nc(CN4CCCC4=O)c(C(=O)OC(C)C)cc3C#N)CC2)cc1. The van der Waals surface area contributed by atoms with E-state index in [1.54, 1.807) is 30.9 Å². The van der Waals surface area contributed by atoms with Crippen LogP contribution in [-0.2, 0) is 36.6 Å². The number of carbonyl (C=O) groups excluding carboxylic acids is 3. The summed E-state index contributed by atoms with van der Waals surface area (Å²) in [6.07, 6.45) is 1.50. The van der Waals surface area contributed by atoms with E-state index in [1.807, 2.05) is 24.0 Å². The number of hydrogen-bond donors (Lipinski definition) is 1. The van der Waals surface area contributed by atoms with Crippen molar-refractivity contribution in [2.24, 2.45) is 5.92 Å². The Kier molecular flexibility index (Phi) is 9.28. The van der Waals surface area contributed by atoms with E-state index in [0.29, 0.717) is 56.0 Å². The number of nitriles is 1. The molecule has 4 rings (SSSR count). The van der Waals surface area contributed by atoms with Crippen LogP contribution in [0.5, 0.6) is 0 Å². The molecule has 2 aromatic rings. The highest BCUT2D eigenvalue weighted by molar-refractivity contribution is 7.89. The van der Waals surface area contributed by atoms with E-state index in [0.717, 1.165) is 12.0 Å². The van der Waals surface area contributed by atoms with Gasteiger partial charge in [-0.05, 0) is 51.7 Å². The quantitative estimate of drug-likeness (QED) is 0.441. The number of esters is 1. The number of benzene rings is 1. The lowest BCUT2D eigenvalue weighted by Gasteiger charge is -2.33. The molecule has 0 radical (unpaired) electrons. The number of nitrogens with one attached hydrogen (secondary N) is 1. The van der Waals surface area contributed by atoms with Crippen molar-refractivity contribution in [1.29, 1.82) is 5.26 Å². The average molecular weight is 582 g/mol. The maximum absolute atomic E-state index is 12.9. The van der Waals surface area contributed by atoms with Gasteiger partial charge in [0.25, 0.3) is 0 Å². The van der Waals surface area contributed by atoms with Crippen molar-refractivity contribution in [1.82, 2.24) is 14.6 Å². The Morgan fingerprint density at radius 2 is 1.85 bits per heavy atom. The first-order valence-corrected chi connectivity index (χ1v) is 15.4. The number of carbonyl (C=O) groups is 3. The number of anilines is 1. The lowest BCUT2D eigenvalue weighted by atomic mass is 9.96. The number of piperidine rings is 1. The molecule has 41 heavy (non-hydrogen) atoms. The third-order valence-corrected chi connectivity index (χ3v) is 8.40. The third-order valence-electron chi connectivity index (χ3n) is 7.18. The Balaban J connectivity index is 1.48. The van der Waals surface area contributed by atoms with E-state index in [9.17, 15) is 28.1 Å². The molecule has 1 aromatic carbocycles. The summed E-state index contributed by atoms with van der Waals surface area (Å²) < 4.78 is 32.8. The first-order chi connectivity index (χ1) is 19.5. The number of rotatable bonds is 9. The average Bonchev–Trinajstić information content (AvgIpc) is 3.33. The van der Waals surface area contributed by atoms with Gasteiger partial charge >= 0.3 is 5.97 Å². The van der Waals surface area contributed by atoms with Crippen LogP contribution in [-0.4, -0.2) is 61.8 Å². The maximum atomic E-state index is 12.9. The number of nitrogens with zero attached hydrogens (tertiary/aromatic N) is 4. The summed E-state index contributed by atoms with van der Waals surface area (Å²) in [5.74, 6) is -1.64. The zero-order chi connectivity index (χ0) is 29.7. The molecule has 2 saturated heterocycles. The number of aryl methyl sites for hydroxylation is 1. The van der Waals surface area contributed by atoms with Crippen LogP contribution in [0.3, 0.4) is 0 Å². The fourth-order valence-corrected chi connectivity index (χ4v) is 6.20. The Morgan fingerprint density at radius 3 is 2.44 bits per heavy atom. The highest BCUT2D eigenvalue weighted by atomic mass is 32.2. The molecule has 3 heterocycles. The van der Waals surface area contributed by atoms with Crippen LogP contribution >= 0.6 is 0 Å². The standard InChI is InChI=1S/C29H35N5O6S/c1-19(2)40-29(37)24-15-23(16-30)27(31-25(24)17-34-12-4-5-26(34)35)33-13-10-22(11-14-33)28(36)32-41(38,39)18-21-8-6-20(3)7-9-21/h6-9,15,19,22H,4-5,10-14,17-18H2,1-3H3,(H,32,36). The second-order valence-electron chi connectivity index (χ2n) is 10.8. The van der Waals surface area contributed by atoms with Crippen LogP contribution in [0.15, 0.2) is 30.3 Å². The Morgan fingerprint density at radius 1 is 1.17 bits per heavy atom. The number of amides is 2. The number of ether oxygens (including phenoxy) is 1. The smallest absolute Gasteiger partial charge is 0.340 e. The molecule has 1 N–H and O–H groups in total. The molecular weight excluding hydrogens is 546 g/mol. The predicted molar refractivity (Wildman–Crippen MR) is 151 cm³/mol. The molecule has 2 fully saturated rings. The van der Waals surface area contributed by atoms with Gasteiger partial charge in [0, 0.05) is 32.0 Å². The van der Waals surface area contributed by atoms with Crippen LogP contribution in [0.25, 0.3) is 0 Å². The highest BCUT2D eigenvalue weighted by Gasteiger charge is 2.31. The summed E-state index contributed by atoms with van der Waals surface area (Å²) in [7, 11) is -3.86. The highest BCUT2D eigenvalue weighted by Crippen LogP contribution is 2.28. The van der Waals surface area contributed by atoms with Gasteiger partial charge in [0.05, 0.1) is 35.2 Å². The molecule has 11 nitrogen and oxygen atoms in total. The molecule has 12 heteroatoms. The molecular formula is C29H35N5O6S. The van der Waals surface area contributed by atoms with Crippen molar-refractivity contribution in [2.45, 2.75) is 64.9 Å². The molecule has 0 bridgehead atoms. The van der Waals surface area contributed by atoms with E-state index in [-0.39, 0.29) is 35.4 Å². The van der Waals surface area contributed by atoms with E-state index in [2.05, 4.69) is 15.8 Å². The molecule has 2 aliphatic heterocycles. The van der Waals surface area contributed by atoms with Gasteiger partial charge in [0.15, 0.2) is 0 Å². The largest absolute Gasteiger partial charge is 0.459 e. The van der Waals surface area contributed by atoms with Crippen LogP contribution in [0.4, 0.5) is 5.82 Å². The minimum Gasteiger partial charge on any atom is -0.459 e. The summed E-state index contributed by atoms with van der Waals surface area (Å²) in [6.45, 7) is 6.75. The summed E-state index contributed by atoms with van der Waals surface area (Å²) in [5.41, 5.74) is 2.28. The topological polar surface area (TPSA) is 150 Å². The maximum Gasteiger partial charge on any atom is 0.340 e.